The van der Waals surface area contributed by atoms with Gasteiger partial charge in [-0.15, -0.1) is 6.42 Å². The molecule has 3 heterocycles. The molecule has 0 amide bonds. The molecule has 0 unspecified atom stereocenters. The molecule has 2 aromatic heterocycles. The Morgan fingerprint density at radius 1 is 1.33 bits per heavy atom. The van der Waals surface area contributed by atoms with Gasteiger partial charge in [-0.25, -0.2) is 19.3 Å². The van der Waals surface area contributed by atoms with E-state index in [1.54, 1.807) is 6.92 Å². The molecule has 0 saturated carbocycles. The van der Waals surface area contributed by atoms with E-state index in [0.717, 1.165) is 0 Å². The molecule has 0 radical (unpaired) electrons. The van der Waals surface area contributed by atoms with Crippen molar-refractivity contribution in [2.24, 2.45) is 0 Å². The van der Waals surface area contributed by atoms with Crippen molar-refractivity contribution in [1.29, 1.82) is 0 Å². The minimum absolute atomic E-state index is 0.0132. The lowest BCUT2D eigenvalue weighted by molar-refractivity contribution is -0.223. The molecule has 30 heavy (non-hydrogen) atoms. The molecule has 0 aliphatic carbocycles. The number of imidazole rings is 1. The maximum atomic E-state index is 15.9. The second kappa shape index (κ2) is 7.97. The molecular weight excluding hydrogens is 399 g/mol. The van der Waals surface area contributed by atoms with Crippen molar-refractivity contribution in [3.63, 3.8) is 0 Å². The molecule has 0 spiro atoms. The van der Waals surface area contributed by atoms with Gasteiger partial charge in [0.2, 0.25) is 11.7 Å². The van der Waals surface area contributed by atoms with Gasteiger partial charge in [0, 0.05) is 12.8 Å². The van der Waals surface area contributed by atoms with Crippen molar-refractivity contribution in [3.8, 4) is 12.3 Å². The fourth-order valence-electron chi connectivity index (χ4n) is 3.13. The molecule has 1 aliphatic heterocycles. The molecule has 10 nitrogen and oxygen atoms in total. The predicted molar refractivity (Wildman–Crippen MR) is 99.2 cm³/mol. The van der Waals surface area contributed by atoms with Crippen molar-refractivity contribution in [2.45, 2.75) is 57.4 Å². The van der Waals surface area contributed by atoms with E-state index in [1.807, 2.05) is 0 Å². The number of alkyl halides is 1. The van der Waals surface area contributed by atoms with Crippen LogP contribution in [0.4, 0.5) is 4.39 Å². The zero-order valence-electron chi connectivity index (χ0n) is 16.7. The van der Waals surface area contributed by atoms with Crippen molar-refractivity contribution in [2.75, 3.05) is 6.61 Å². The number of ether oxygens (including phenoxy) is 3. The average Bonchev–Trinajstić information content (AvgIpc) is 3.26. The Bertz CT molecular complexity index is 1020. The first-order chi connectivity index (χ1) is 14.2. The molecule has 3 rings (SSSR count). The first-order valence-corrected chi connectivity index (χ1v) is 9.26. The van der Waals surface area contributed by atoms with E-state index in [4.69, 9.17) is 20.6 Å². The third kappa shape index (κ3) is 3.48. The quantitative estimate of drug-likeness (QED) is 0.537. The lowest BCUT2D eigenvalue weighted by atomic mass is 9.93. The summed E-state index contributed by atoms with van der Waals surface area (Å²) in [5.41, 5.74) is -1.31. The van der Waals surface area contributed by atoms with Crippen LogP contribution in [0.5, 0.6) is 0 Å². The highest BCUT2D eigenvalue weighted by Crippen LogP contribution is 2.47. The highest BCUT2D eigenvalue weighted by atomic mass is 19.2. The highest BCUT2D eigenvalue weighted by Gasteiger charge is 2.68. The molecule has 0 bridgehead atoms. The number of carbonyl (C=O) groups excluding carboxylic acids is 2. The van der Waals surface area contributed by atoms with Crippen LogP contribution in [0.15, 0.2) is 12.7 Å². The maximum absolute atomic E-state index is 15.9. The lowest BCUT2D eigenvalue weighted by Crippen LogP contribution is -2.53. The molecule has 1 N–H and O–H groups in total. The van der Waals surface area contributed by atoms with E-state index in [2.05, 4.69) is 20.9 Å². The second-order valence-electron chi connectivity index (χ2n) is 6.75. The van der Waals surface area contributed by atoms with Crippen molar-refractivity contribution in [1.82, 2.24) is 19.5 Å². The van der Waals surface area contributed by atoms with Crippen molar-refractivity contribution >= 4 is 23.1 Å². The number of esters is 2. The number of rotatable bonds is 6. The number of terminal acetylenes is 1. The third-order valence-electron chi connectivity index (χ3n) is 4.76. The van der Waals surface area contributed by atoms with E-state index < -0.39 is 42.3 Å². The predicted octanol–water partition coefficient (Wildman–Crippen LogP) is 0.969. The number of aliphatic hydroxyl groups is 1. The van der Waals surface area contributed by atoms with Crippen LogP contribution in [0, 0.1) is 19.3 Å². The van der Waals surface area contributed by atoms with Crippen LogP contribution in [0.3, 0.4) is 0 Å². The molecule has 1 fully saturated rings. The Labute approximate surface area is 171 Å². The summed E-state index contributed by atoms with van der Waals surface area (Å²) in [4.78, 5) is 35.8. The minimum atomic E-state index is -2.92. The van der Waals surface area contributed by atoms with Gasteiger partial charge in [-0.2, -0.15) is 0 Å². The van der Waals surface area contributed by atoms with Gasteiger partial charge in [0.15, 0.2) is 18.5 Å². The summed E-state index contributed by atoms with van der Waals surface area (Å²) < 4.78 is 32.5. The third-order valence-corrected chi connectivity index (χ3v) is 4.76. The standard InChI is InChI=1S/C19H21FN4O6/c1-5-12(25)28-8-19(20)16(29-13(26)6-2)18(27,7-3)17(30-19)24-10-23-14-11(4)21-9-22-15(14)24/h3,9-10,16-17,27H,5-6,8H2,1-2,4H3/t16-,17+,18+,19+/m0/s1. The summed E-state index contributed by atoms with van der Waals surface area (Å²) in [7, 11) is 0. The van der Waals surface area contributed by atoms with Gasteiger partial charge in [0.1, 0.15) is 11.8 Å². The summed E-state index contributed by atoms with van der Waals surface area (Å²) in [5.74, 6) is -2.37. The van der Waals surface area contributed by atoms with E-state index in [9.17, 15) is 14.7 Å². The number of hydrogen-bond donors (Lipinski definition) is 1. The van der Waals surface area contributed by atoms with Gasteiger partial charge in [-0.1, -0.05) is 19.8 Å². The number of aryl methyl sites for hydroxylation is 1. The smallest absolute Gasteiger partial charge is 0.306 e. The molecule has 1 aliphatic rings. The van der Waals surface area contributed by atoms with Gasteiger partial charge >= 0.3 is 11.9 Å². The Balaban J connectivity index is 2.09. The Kier molecular flexibility index (Phi) is 5.74. The lowest BCUT2D eigenvalue weighted by Gasteiger charge is -2.30. The largest absolute Gasteiger partial charge is 0.459 e. The fourth-order valence-corrected chi connectivity index (χ4v) is 3.13. The normalized spacial score (nSPS) is 28.3. The zero-order valence-corrected chi connectivity index (χ0v) is 16.7. The Morgan fingerprint density at radius 2 is 2.03 bits per heavy atom. The fraction of sp³-hybridized carbons (Fsp3) is 0.526. The number of aromatic nitrogens is 4. The highest BCUT2D eigenvalue weighted by molar-refractivity contribution is 5.73. The van der Waals surface area contributed by atoms with Crippen LogP contribution < -0.4 is 0 Å². The summed E-state index contributed by atoms with van der Waals surface area (Å²) in [6, 6.07) is 0. The first-order valence-electron chi connectivity index (χ1n) is 9.26. The SMILES string of the molecule is C#C[C@]1(O)[C@H](n2cnc3c(C)ncnc32)O[C@](F)(COC(=O)CC)[C@H]1OC(=O)CC. The minimum Gasteiger partial charge on any atom is -0.459 e. The van der Waals surface area contributed by atoms with Crippen LogP contribution in [0.25, 0.3) is 11.2 Å². The number of carbonyl (C=O) groups is 2. The van der Waals surface area contributed by atoms with Gasteiger partial charge in [0.25, 0.3) is 5.85 Å². The number of nitrogens with zero attached hydrogens (tertiary/aromatic N) is 4. The molecule has 11 heteroatoms. The Hall–Kier alpha value is -3.10. The van der Waals surface area contributed by atoms with Crippen LogP contribution in [-0.2, 0) is 23.8 Å². The first kappa shape index (κ1) is 21.6. The average molecular weight is 420 g/mol. The van der Waals surface area contributed by atoms with Gasteiger partial charge in [-0.3, -0.25) is 14.2 Å². The van der Waals surface area contributed by atoms with Crippen LogP contribution in [-0.4, -0.2) is 60.7 Å². The number of fused-ring (bicyclic) bond motifs is 1. The maximum Gasteiger partial charge on any atom is 0.306 e. The zero-order chi connectivity index (χ0) is 22.1. The van der Waals surface area contributed by atoms with Crippen LogP contribution in [0.1, 0.15) is 38.6 Å². The van der Waals surface area contributed by atoms with Gasteiger partial charge < -0.3 is 19.3 Å². The van der Waals surface area contributed by atoms with Crippen LogP contribution in [0.2, 0.25) is 0 Å². The van der Waals surface area contributed by atoms with Crippen LogP contribution >= 0.6 is 0 Å². The second-order valence-corrected chi connectivity index (χ2v) is 6.75. The molecule has 160 valence electrons. The Morgan fingerprint density at radius 3 is 2.67 bits per heavy atom. The molecule has 0 aromatic carbocycles. The van der Waals surface area contributed by atoms with E-state index >= 15 is 4.39 Å². The molecule has 2 aromatic rings. The van der Waals surface area contributed by atoms with Gasteiger partial charge in [0.05, 0.1) is 12.0 Å². The van der Waals surface area contributed by atoms with Crippen molar-refractivity contribution in [3.05, 3.63) is 18.3 Å². The number of hydrogen-bond acceptors (Lipinski definition) is 9. The topological polar surface area (TPSA) is 126 Å². The summed E-state index contributed by atoms with van der Waals surface area (Å²) in [6.45, 7) is 3.77. The van der Waals surface area contributed by atoms with E-state index in [0.29, 0.717) is 11.2 Å². The molecular formula is C19H21FN4O6. The summed E-state index contributed by atoms with van der Waals surface area (Å²) in [6.07, 6.45) is 4.38. The van der Waals surface area contributed by atoms with Gasteiger partial charge in [-0.05, 0) is 6.92 Å². The molecule has 1 saturated heterocycles. The van der Waals surface area contributed by atoms with Crippen molar-refractivity contribution < 1.29 is 33.3 Å². The number of halogens is 1. The van der Waals surface area contributed by atoms with E-state index in [1.165, 1.54) is 31.1 Å². The summed E-state index contributed by atoms with van der Waals surface area (Å²) in [5, 5.41) is 11.2. The molecule has 4 atom stereocenters. The summed E-state index contributed by atoms with van der Waals surface area (Å²) >= 11 is 0. The van der Waals surface area contributed by atoms with E-state index in [-0.39, 0.29) is 18.5 Å². The monoisotopic (exact) mass is 420 g/mol.